The highest BCUT2D eigenvalue weighted by Crippen LogP contribution is 2.14. The minimum Gasteiger partial charge on any atom is -0.462 e. The standard InChI is InChI=1S/C54H90O6/c1-4-7-10-13-16-19-22-25-27-29-32-35-38-41-44-47-53(56)59-50-51(49-58-52(55)46-43-40-37-34-31-24-21-18-15-12-9-6-3)60-54(57)48-45-42-39-36-33-30-28-26-23-20-17-14-11-8-5-2/h7,10,16-17,19-20,25-28,32-33,35-36,51H,4-6,8-9,11-15,18,21-24,29-31,34,37-50H2,1-3H3/b10-7-,19-16-,20-17-,27-25-,28-26-,35-32-,36-33-/t51-/m1/s1. The van der Waals surface area contributed by atoms with E-state index in [4.69, 9.17) is 14.2 Å². The van der Waals surface area contributed by atoms with Crippen LogP contribution in [-0.2, 0) is 28.6 Å². The minimum atomic E-state index is -0.811. The van der Waals surface area contributed by atoms with Crippen LogP contribution in [0, 0.1) is 0 Å². The van der Waals surface area contributed by atoms with Crippen LogP contribution in [0.25, 0.3) is 0 Å². The van der Waals surface area contributed by atoms with Crippen molar-refractivity contribution in [3.8, 4) is 0 Å². The molecular weight excluding hydrogens is 745 g/mol. The molecule has 6 heteroatoms. The van der Waals surface area contributed by atoms with Crippen LogP contribution in [0.3, 0.4) is 0 Å². The fraction of sp³-hybridized carbons (Fsp3) is 0.685. The zero-order valence-electron chi connectivity index (χ0n) is 38.9. The molecule has 0 N–H and O–H groups in total. The molecule has 0 radical (unpaired) electrons. The van der Waals surface area contributed by atoms with Crippen LogP contribution in [0.4, 0.5) is 0 Å². The second-order valence-electron chi connectivity index (χ2n) is 16.0. The van der Waals surface area contributed by atoms with E-state index in [1.54, 1.807) is 0 Å². The maximum absolute atomic E-state index is 12.8. The Morgan fingerprint density at radius 2 is 0.650 bits per heavy atom. The van der Waals surface area contributed by atoms with E-state index in [1.165, 1.54) is 83.5 Å². The van der Waals surface area contributed by atoms with Gasteiger partial charge in [0.1, 0.15) is 13.2 Å². The first kappa shape index (κ1) is 56.6. The highest BCUT2D eigenvalue weighted by Gasteiger charge is 2.19. The summed E-state index contributed by atoms with van der Waals surface area (Å²) in [6.45, 7) is 6.41. The predicted octanol–water partition coefficient (Wildman–Crippen LogP) is 16.0. The third-order valence-electron chi connectivity index (χ3n) is 10.1. The number of hydrogen-bond acceptors (Lipinski definition) is 6. The van der Waals surface area contributed by atoms with Gasteiger partial charge in [0, 0.05) is 19.3 Å². The van der Waals surface area contributed by atoms with Crippen LogP contribution in [0.1, 0.15) is 220 Å². The van der Waals surface area contributed by atoms with E-state index >= 15 is 0 Å². The predicted molar refractivity (Wildman–Crippen MR) is 256 cm³/mol. The van der Waals surface area contributed by atoms with Crippen molar-refractivity contribution in [1.29, 1.82) is 0 Å². The zero-order chi connectivity index (χ0) is 43.7. The van der Waals surface area contributed by atoms with Crippen molar-refractivity contribution in [3.63, 3.8) is 0 Å². The maximum Gasteiger partial charge on any atom is 0.306 e. The van der Waals surface area contributed by atoms with E-state index < -0.39 is 6.10 Å². The van der Waals surface area contributed by atoms with Crippen LogP contribution in [-0.4, -0.2) is 37.2 Å². The number of hydrogen-bond donors (Lipinski definition) is 0. The summed E-state index contributed by atoms with van der Waals surface area (Å²) in [5.41, 5.74) is 0. The van der Waals surface area contributed by atoms with Gasteiger partial charge in [0.15, 0.2) is 6.10 Å². The van der Waals surface area contributed by atoms with Gasteiger partial charge in [0.2, 0.25) is 0 Å². The SMILES string of the molecule is CC/C=C\C/C=C\C/C=C\C/C=C\CCCCC(=O)OC[C@@H](COC(=O)CCCCCCCCCCCCCC)OC(=O)CCCC/C=C\C/C=C\C/C=C\CCCCC. The summed E-state index contributed by atoms with van der Waals surface area (Å²) in [5.74, 6) is -0.990. The molecule has 6 nitrogen and oxygen atoms in total. The Hall–Kier alpha value is -3.41. The van der Waals surface area contributed by atoms with Gasteiger partial charge in [0.05, 0.1) is 0 Å². The van der Waals surface area contributed by atoms with Gasteiger partial charge < -0.3 is 14.2 Å². The molecule has 0 rings (SSSR count). The van der Waals surface area contributed by atoms with Gasteiger partial charge in [-0.25, -0.2) is 0 Å². The Morgan fingerprint density at radius 1 is 0.350 bits per heavy atom. The lowest BCUT2D eigenvalue weighted by Crippen LogP contribution is -2.30. The number of allylic oxidation sites excluding steroid dienone is 14. The van der Waals surface area contributed by atoms with Crippen molar-refractivity contribution in [2.45, 2.75) is 226 Å². The molecule has 0 fully saturated rings. The first-order valence-corrected chi connectivity index (χ1v) is 24.6. The summed E-state index contributed by atoms with van der Waals surface area (Å²) in [4.78, 5) is 37.9. The van der Waals surface area contributed by atoms with Gasteiger partial charge in [0.25, 0.3) is 0 Å². The largest absolute Gasteiger partial charge is 0.462 e. The van der Waals surface area contributed by atoms with Crippen LogP contribution in [0.2, 0.25) is 0 Å². The summed E-state index contributed by atoms with van der Waals surface area (Å²) in [6, 6.07) is 0. The molecule has 0 saturated heterocycles. The quantitative estimate of drug-likeness (QED) is 0.0263. The molecule has 1 atom stereocenters. The Kier molecular flexibility index (Phi) is 45.5. The van der Waals surface area contributed by atoms with Crippen molar-refractivity contribution >= 4 is 17.9 Å². The molecule has 0 unspecified atom stereocenters. The Labute approximate surface area is 369 Å². The summed E-state index contributed by atoms with van der Waals surface area (Å²) >= 11 is 0. The molecule has 0 aromatic rings. The molecule has 0 aromatic carbocycles. The van der Waals surface area contributed by atoms with Crippen molar-refractivity contribution in [1.82, 2.24) is 0 Å². The molecular formula is C54H90O6. The van der Waals surface area contributed by atoms with E-state index in [1.807, 2.05) is 0 Å². The average Bonchev–Trinajstić information content (AvgIpc) is 3.24. The smallest absolute Gasteiger partial charge is 0.306 e. The normalized spacial score (nSPS) is 12.8. The van der Waals surface area contributed by atoms with Crippen molar-refractivity contribution in [2.75, 3.05) is 13.2 Å². The lowest BCUT2D eigenvalue weighted by atomic mass is 10.0. The van der Waals surface area contributed by atoms with Crippen LogP contribution in [0.5, 0.6) is 0 Å². The van der Waals surface area contributed by atoms with Gasteiger partial charge in [-0.2, -0.15) is 0 Å². The molecule has 60 heavy (non-hydrogen) atoms. The lowest BCUT2D eigenvalue weighted by Gasteiger charge is -2.18. The summed E-state index contributed by atoms with van der Waals surface area (Å²) < 4.78 is 16.7. The topological polar surface area (TPSA) is 78.9 Å². The van der Waals surface area contributed by atoms with Gasteiger partial charge in [-0.1, -0.05) is 189 Å². The van der Waals surface area contributed by atoms with Gasteiger partial charge in [-0.05, 0) is 96.3 Å². The molecule has 0 bridgehead atoms. The number of rotatable bonds is 43. The van der Waals surface area contributed by atoms with Crippen molar-refractivity contribution in [3.05, 3.63) is 85.1 Å². The summed E-state index contributed by atoms with van der Waals surface area (Å²) in [5, 5.41) is 0. The number of carbonyl (C=O) groups is 3. The molecule has 0 saturated carbocycles. The van der Waals surface area contributed by atoms with Crippen molar-refractivity contribution in [2.24, 2.45) is 0 Å². The summed E-state index contributed by atoms with van der Waals surface area (Å²) in [7, 11) is 0. The van der Waals surface area contributed by atoms with Crippen molar-refractivity contribution < 1.29 is 28.6 Å². The second-order valence-corrected chi connectivity index (χ2v) is 16.0. The molecule has 0 amide bonds. The summed E-state index contributed by atoms with van der Waals surface area (Å²) in [6.07, 6.45) is 61.4. The van der Waals surface area contributed by atoms with Crippen LogP contribution < -0.4 is 0 Å². The molecule has 0 aliphatic rings. The zero-order valence-corrected chi connectivity index (χ0v) is 38.9. The molecule has 0 heterocycles. The highest BCUT2D eigenvalue weighted by molar-refractivity contribution is 5.71. The molecule has 342 valence electrons. The fourth-order valence-corrected chi connectivity index (χ4v) is 6.44. The number of ether oxygens (including phenoxy) is 3. The number of esters is 3. The maximum atomic E-state index is 12.8. The Morgan fingerprint density at radius 3 is 1.05 bits per heavy atom. The Bertz CT molecular complexity index is 1190. The van der Waals surface area contributed by atoms with E-state index in [0.29, 0.717) is 19.3 Å². The van der Waals surface area contributed by atoms with E-state index in [0.717, 1.165) is 89.9 Å². The van der Waals surface area contributed by atoms with E-state index in [9.17, 15) is 14.4 Å². The average molecular weight is 835 g/mol. The molecule has 0 aliphatic heterocycles. The first-order valence-electron chi connectivity index (χ1n) is 24.6. The number of unbranched alkanes of at least 4 members (excludes halogenated alkanes) is 18. The van der Waals surface area contributed by atoms with E-state index in [-0.39, 0.29) is 37.5 Å². The molecule has 0 spiro atoms. The van der Waals surface area contributed by atoms with Gasteiger partial charge >= 0.3 is 17.9 Å². The molecule has 0 aliphatic carbocycles. The van der Waals surface area contributed by atoms with Gasteiger partial charge in [-0.3, -0.25) is 14.4 Å². The molecule has 0 aromatic heterocycles. The van der Waals surface area contributed by atoms with Gasteiger partial charge in [-0.15, -0.1) is 0 Å². The number of carbonyl (C=O) groups excluding carboxylic acids is 3. The first-order chi connectivity index (χ1) is 29.5. The minimum absolute atomic E-state index is 0.104. The monoisotopic (exact) mass is 835 g/mol. The second kappa shape index (κ2) is 48.3. The van der Waals surface area contributed by atoms with Crippen LogP contribution in [0.15, 0.2) is 85.1 Å². The third-order valence-corrected chi connectivity index (χ3v) is 10.1. The Balaban J connectivity index is 4.52. The van der Waals surface area contributed by atoms with E-state index in [2.05, 4.69) is 106 Å². The van der Waals surface area contributed by atoms with Crippen LogP contribution >= 0.6 is 0 Å². The fourth-order valence-electron chi connectivity index (χ4n) is 6.44. The third kappa shape index (κ3) is 45.7. The lowest BCUT2D eigenvalue weighted by molar-refractivity contribution is -0.167. The highest BCUT2D eigenvalue weighted by atomic mass is 16.6.